The zero-order valence-corrected chi connectivity index (χ0v) is 7.35. The molecule has 0 spiro atoms. The van der Waals surface area contributed by atoms with E-state index in [2.05, 4.69) is 17.0 Å². The van der Waals surface area contributed by atoms with Crippen molar-refractivity contribution in [3.63, 3.8) is 0 Å². The van der Waals surface area contributed by atoms with Gasteiger partial charge in [-0.1, -0.05) is 11.3 Å². The fourth-order valence-electron chi connectivity index (χ4n) is 1.04. The lowest BCUT2D eigenvalue weighted by Crippen LogP contribution is -1.92. The summed E-state index contributed by atoms with van der Waals surface area (Å²) in [5, 5.41) is 5.41. The Bertz CT molecular complexity index is 342. The first-order chi connectivity index (χ1) is 5.29. The van der Waals surface area contributed by atoms with Crippen LogP contribution in [-0.2, 0) is 6.54 Å². The number of nitrogens with zero attached hydrogens (tertiary/aromatic N) is 3. The molecule has 0 aliphatic rings. The van der Waals surface area contributed by atoms with Crippen molar-refractivity contribution in [3.05, 3.63) is 11.2 Å². The first-order valence-electron chi connectivity index (χ1n) is 3.60. The van der Waals surface area contributed by atoms with Crippen molar-refractivity contribution in [1.29, 1.82) is 0 Å². The average Bonchev–Trinajstić information content (AvgIpc) is 2.43. The fourth-order valence-corrected chi connectivity index (χ4v) is 1.81. The normalized spacial score (nSPS) is 11.1. The fraction of sp³-hybridized carbons (Fsp3) is 0.429. The van der Waals surface area contributed by atoms with E-state index in [4.69, 9.17) is 0 Å². The van der Waals surface area contributed by atoms with E-state index in [1.165, 1.54) is 0 Å². The number of fused-ring (bicyclic) bond motifs is 1. The second kappa shape index (κ2) is 2.30. The molecule has 0 aliphatic heterocycles. The van der Waals surface area contributed by atoms with Gasteiger partial charge in [-0.3, -0.25) is 4.68 Å². The summed E-state index contributed by atoms with van der Waals surface area (Å²) < 4.78 is 1.91. The molecule has 0 aromatic carbocycles. The molecule has 0 aliphatic carbocycles. The highest BCUT2D eigenvalue weighted by molar-refractivity contribution is 7.18. The van der Waals surface area contributed by atoms with Gasteiger partial charge in [0.2, 0.25) is 0 Å². The summed E-state index contributed by atoms with van der Waals surface area (Å²) in [5.74, 6) is 0. The summed E-state index contributed by atoms with van der Waals surface area (Å²) in [5.41, 5.74) is 1.02. The number of aryl methyl sites for hydroxylation is 2. The molecule has 2 heterocycles. The van der Waals surface area contributed by atoms with E-state index < -0.39 is 0 Å². The van der Waals surface area contributed by atoms with Gasteiger partial charge in [0.15, 0.2) is 4.83 Å². The molecule has 0 bridgehead atoms. The summed E-state index contributed by atoms with van der Waals surface area (Å²) in [6.07, 6.45) is 1.98. The highest BCUT2D eigenvalue weighted by atomic mass is 32.1. The van der Waals surface area contributed by atoms with Crippen LogP contribution in [0.2, 0.25) is 0 Å². The molecule has 0 fully saturated rings. The Labute approximate surface area is 68.7 Å². The molecule has 0 radical (unpaired) electrons. The maximum atomic E-state index is 4.32. The Balaban J connectivity index is 2.64. The number of hydrogen-bond acceptors (Lipinski definition) is 3. The smallest absolute Gasteiger partial charge is 0.165 e. The summed E-state index contributed by atoms with van der Waals surface area (Å²) in [6, 6.07) is 0. The molecule has 58 valence electrons. The van der Waals surface area contributed by atoms with Crippen molar-refractivity contribution in [2.75, 3.05) is 0 Å². The molecule has 3 nitrogen and oxygen atoms in total. The van der Waals surface area contributed by atoms with Gasteiger partial charge >= 0.3 is 0 Å². The van der Waals surface area contributed by atoms with Crippen LogP contribution >= 0.6 is 11.3 Å². The van der Waals surface area contributed by atoms with Gasteiger partial charge in [-0.2, -0.15) is 5.10 Å². The molecule has 4 heteroatoms. The van der Waals surface area contributed by atoms with E-state index in [0.29, 0.717) is 0 Å². The third-order valence-corrected chi connectivity index (χ3v) is 2.43. The monoisotopic (exact) mass is 167 g/mol. The van der Waals surface area contributed by atoms with Crippen LogP contribution in [-0.4, -0.2) is 14.8 Å². The second-order valence-corrected chi connectivity index (χ2v) is 3.59. The third kappa shape index (κ3) is 1.03. The van der Waals surface area contributed by atoms with Crippen LogP contribution < -0.4 is 0 Å². The molecule has 0 unspecified atom stereocenters. The zero-order chi connectivity index (χ0) is 7.84. The Morgan fingerprint density at radius 2 is 2.45 bits per heavy atom. The minimum Gasteiger partial charge on any atom is -0.269 e. The van der Waals surface area contributed by atoms with E-state index in [1.54, 1.807) is 11.3 Å². The topological polar surface area (TPSA) is 30.7 Å². The van der Waals surface area contributed by atoms with Crippen LogP contribution in [0.25, 0.3) is 10.3 Å². The van der Waals surface area contributed by atoms with Gasteiger partial charge in [0.25, 0.3) is 0 Å². The third-order valence-electron chi connectivity index (χ3n) is 1.56. The van der Waals surface area contributed by atoms with Crippen LogP contribution in [0.15, 0.2) is 6.20 Å². The summed E-state index contributed by atoms with van der Waals surface area (Å²) in [4.78, 5) is 5.36. The number of rotatable bonds is 1. The van der Waals surface area contributed by atoms with Crippen molar-refractivity contribution in [3.8, 4) is 0 Å². The van der Waals surface area contributed by atoms with Crippen molar-refractivity contribution in [2.24, 2.45) is 0 Å². The van der Waals surface area contributed by atoms with Crippen molar-refractivity contribution < 1.29 is 0 Å². The molecule has 0 amide bonds. The molecule has 2 aromatic heterocycles. The van der Waals surface area contributed by atoms with Gasteiger partial charge in [0.05, 0.1) is 11.2 Å². The zero-order valence-electron chi connectivity index (χ0n) is 6.53. The lowest BCUT2D eigenvalue weighted by atomic mass is 10.6. The van der Waals surface area contributed by atoms with Gasteiger partial charge in [0.1, 0.15) is 5.52 Å². The number of thiazole rings is 1. The van der Waals surface area contributed by atoms with Gasteiger partial charge in [0, 0.05) is 6.54 Å². The molecule has 2 rings (SSSR count). The van der Waals surface area contributed by atoms with E-state index in [9.17, 15) is 0 Å². The maximum absolute atomic E-state index is 4.32. The van der Waals surface area contributed by atoms with E-state index in [1.807, 2.05) is 17.8 Å². The molecular formula is C7H9N3S. The maximum Gasteiger partial charge on any atom is 0.165 e. The highest BCUT2D eigenvalue weighted by Gasteiger charge is 2.03. The van der Waals surface area contributed by atoms with Crippen LogP contribution in [0, 0.1) is 6.92 Å². The van der Waals surface area contributed by atoms with Crippen molar-refractivity contribution in [2.45, 2.75) is 20.4 Å². The summed E-state index contributed by atoms with van der Waals surface area (Å²) in [6.45, 7) is 4.99. The average molecular weight is 167 g/mol. The molecule has 0 N–H and O–H groups in total. The van der Waals surface area contributed by atoms with Crippen LogP contribution in [0.4, 0.5) is 0 Å². The quantitative estimate of drug-likeness (QED) is 0.648. The Kier molecular flexibility index (Phi) is 1.42. The van der Waals surface area contributed by atoms with Gasteiger partial charge < -0.3 is 0 Å². The van der Waals surface area contributed by atoms with Gasteiger partial charge in [-0.05, 0) is 13.8 Å². The second-order valence-electron chi connectivity index (χ2n) is 2.41. The van der Waals surface area contributed by atoms with Crippen LogP contribution in [0.1, 0.15) is 11.9 Å². The van der Waals surface area contributed by atoms with Gasteiger partial charge in [-0.15, -0.1) is 0 Å². The Morgan fingerprint density at radius 3 is 3.09 bits per heavy atom. The van der Waals surface area contributed by atoms with Crippen molar-refractivity contribution in [1.82, 2.24) is 14.8 Å². The minimum absolute atomic E-state index is 0.919. The first kappa shape index (κ1) is 6.79. The Hall–Kier alpha value is -0.900. The molecular weight excluding hydrogens is 158 g/mol. The summed E-state index contributed by atoms with van der Waals surface area (Å²) >= 11 is 1.65. The highest BCUT2D eigenvalue weighted by Crippen LogP contribution is 2.18. The molecule has 0 saturated heterocycles. The minimum atomic E-state index is 0.919. The van der Waals surface area contributed by atoms with Crippen LogP contribution in [0.5, 0.6) is 0 Å². The van der Waals surface area contributed by atoms with E-state index in [-0.39, 0.29) is 0 Å². The lowest BCUT2D eigenvalue weighted by Gasteiger charge is -1.89. The van der Waals surface area contributed by atoms with Crippen LogP contribution in [0.3, 0.4) is 0 Å². The number of hydrogen-bond donors (Lipinski definition) is 0. The Morgan fingerprint density at radius 1 is 1.64 bits per heavy atom. The largest absolute Gasteiger partial charge is 0.269 e. The molecule has 0 saturated carbocycles. The lowest BCUT2D eigenvalue weighted by molar-refractivity contribution is 0.668. The van der Waals surface area contributed by atoms with E-state index in [0.717, 1.165) is 21.9 Å². The molecule has 0 atom stereocenters. The SMILES string of the molecule is CCn1cc2nc(C)sc2n1. The predicted molar refractivity (Wildman–Crippen MR) is 45.8 cm³/mol. The van der Waals surface area contributed by atoms with Gasteiger partial charge in [-0.25, -0.2) is 4.98 Å². The number of aromatic nitrogens is 3. The molecule has 11 heavy (non-hydrogen) atoms. The summed E-state index contributed by atoms with van der Waals surface area (Å²) in [7, 11) is 0. The predicted octanol–water partition coefficient (Wildman–Crippen LogP) is 1.82. The first-order valence-corrected chi connectivity index (χ1v) is 4.42. The molecule has 2 aromatic rings. The standard InChI is InChI=1S/C7H9N3S/c1-3-10-4-6-7(9-10)11-5(2)8-6/h4H,3H2,1-2H3. The van der Waals surface area contributed by atoms with E-state index >= 15 is 0 Å². The van der Waals surface area contributed by atoms with Crippen molar-refractivity contribution >= 4 is 21.7 Å².